The van der Waals surface area contributed by atoms with Crippen molar-refractivity contribution in [1.82, 2.24) is 5.32 Å². The van der Waals surface area contributed by atoms with Crippen LogP contribution in [0.15, 0.2) is 48.5 Å². The molecule has 0 saturated heterocycles. The van der Waals surface area contributed by atoms with Crippen LogP contribution in [0.5, 0.6) is 0 Å². The van der Waals surface area contributed by atoms with Gasteiger partial charge in [-0.05, 0) is 54.8 Å². The molecule has 2 N–H and O–H groups in total. The molecule has 1 aliphatic rings. The average molecular weight is 359 g/mol. The molecule has 0 spiro atoms. The number of carbonyl (C=O) groups is 2. The minimum atomic E-state index is -0.597. The number of benzene rings is 2. The molecule has 2 aromatic rings. The highest BCUT2D eigenvalue weighted by atomic mass is 35.5. The van der Waals surface area contributed by atoms with E-state index in [9.17, 15) is 14.0 Å². The number of carbonyl (C=O) groups excluding carboxylic acids is 2. The van der Waals surface area contributed by atoms with E-state index in [1.807, 2.05) is 0 Å². The van der Waals surface area contributed by atoms with E-state index in [1.165, 1.54) is 18.2 Å². The Kier molecular flexibility index (Phi) is 5.14. The van der Waals surface area contributed by atoms with Crippen molar-refractivity contribution in [3.63, 3.8) is 0 Å². The van der Waals surface area contributed by atoms with Crippen molar-refractivity contribution in [2.75, 3.05) is 5.32 Å². The van der Waals surface area contributed by atoms with Crippen molar-refractivity contribution in [1.29, 1.82) is 0 Å². The second-order valence-corrected chi connectivity index (χ2v) is 6.25. The largest absolute Gasteiger partial charge is 0.349 e. The van der Waals surface area contributed by atoms with Gasteiger partial charge in [-0.25, -0.2) is 4.39 Å². The summed E-state index contributed by atoms with van der Waals surface area (Å²) in [6, 6.07) is 11.2. The minimum absolute atomic E-state index is 0.0612. The first-order valence-corrected chi connectivity index (χ1v) is 8.24. The summed E-state index contributed by atoms with van der Waals surface area (Å²) >= 11 is 5.67. The molecule has 2 amide bonds. The summed E-state index contributed by atoms with van der Waals surface area (Å²) in [5, 5.41) is 5.61. The first kappa shape index (κ1) is 17.2. The highest BCUT2D eigenvalue weighted by molar-refractivity contribution is 6.30. The Labute approximate surface area is 149 Å². The van der Waals surface area contributed by atoms with E-state index in [0.29, 0.717) is 11.6 Å². The standard InChI is InChI=1S/C19H16ClFN2O2/c20-14-6-9-17(16(21)11-14)23-18(24)10-3-12-1-4-13(5-2-12)19(25)22-15-7-8-15/h1-6,9-11,15H,7-8H2,(H,22,25)(H,23,24)/b10-3+. The third kappa shape index (κ3) is 4.90. The summed E-state index contributed by atoms with van der Waals surface area (Å²) in [5.41, 5.74) is 1.40. The predicted octanol–water partition coefficient (Wildman–Crippen LogP) is 4.02. The Morgan fingerprint density at radius 3 is 2.48 bits per heavy atom. The molecule has 3 rings (SSSR count). The number of rotatable bonds is 5. The maximum absolute atomic E-state index is 13.6. The molecule has 128 valence electrons. The fourth-order valence-electron chi connectivity index (χ4n) is 2.18. The van der Waals surface area contributed by atoms with Crippen LogP contribution in [0.1, 0.15) is 28.8 Å². The van der Waals surface area contributed by atoms with Gasteiger partial charge in [-0.3, -0.25) is 9.59 Å². The van der Waals surface area contributed by atoms with Gasteiger partial charge >= 0.3 is 0 Å². The monoisotopic (exact) mass is 358 g/mol. The molecule has 0 unspecified atom stereocenters. The van der Waals surface area contributed by atoms with E-state index in [-0.39, 0.29) is 16.6 Å². The number of anilines is 1. The van der Waals surface area contributed by atoms with Crippen LogP contribution in [0, 0.1) is 5.82 Å². The fraction of sp³-hybridized carbons (Fsp3) is 0.158. The second-order valence-electron chi connectivity index (χ2n) is 5.82. The summed E-state index contributed by atoms with van der Waals surface area (Å²) in [6.07, 6.45) is 4.96. The number of hydrogen-bond acceptors (Lipinski definition) is 2. The van der Waals surface area contributed by atoms with Crippen LogP contribution in [0.25, 0.3) is 6.08 Å². The summed E-state index contributed by atoms with van der Waals surface area (Å²) in [7, 11) is 0. The molecule has 25 heavy (non-hydrogen) atoms. The molecule has 0 atom stereocenters. The zero-order valence-corrected chi connectivity index (χ0v) is 14.0. The van der Waals surface area contributed by atoms with E-state index >= 15 is 0 Å². The number of nitrogens with one attached hydrogen (secondary N) is 2. The Bertz CT molecular complexity index is 830. The van der Waals surface area contributed by atoms with Crippen LogP contribution in [0.2, 0.25) is 5.02 Å². The van der Waals surface area contributed by atoms with Crippen LogP contribution in [-0.2, 0) is 4.79 Å². The summed E-state index contributed by atoms with van der Waals surface area (Å²) in [6.45, 7) is 0. The van der Waals surface area contributed by atoms with Crippen LogP contribution in [-0.4, -0.2) is 17.9 Å². The smallest absolute Gasteiger partial charge is 0.251 e. The molecule has 1 saturated carbocycles. The molecule has 0 aromatic heterocycles. The van der Waals surface area contributed by atoms with Crippen LogP contribution in [0.3, 0.4) is 0 Å². The zero-order valence-electron chi connectivity index (χ0n) is 13.3. The molecule has 0 radical (unpaired) electrons. The van der Waals surface area contributed by atoms with Crippen molar-refractivity contribution in [3.05, 3.63) is 70.5 Å². The molecule has 0 aliphatic heterocycles. The lowest BCUT2D eigenvalue weighted by Crippen LogP contribution is -2.25. The predicted molar refractivity (Wildman–Crippen MR) is 96.0 cm³/mol. The molecular formula is C19H16ClFN2O2. The average Bonchev–Trinajstić information content (AvgIpc) is 3.40. The van der Waals surface area contributed by atoms with Crippen molar-refractivity contribution >= 4 is 35.2 Å². The molecule has 1 fully saturated rings. The Balaban J connectivity index is 1.58. The SMILES string of the molecule is O=C(/C=C/c1ccc(C(=O)NC2CC2)cc1)Nc1ccc(Cl)cc1F. The Morgan fingerprint density at radius 2 is 1.84 bits per heavy atom. The van der Waals surface area contributed by atoms with Gasteiger partial charge in [-0.15, -0.1) is 0 Å². The van der Waals surface area contributed by atoms with E-state index in [4.69, 9.17) is 11.6 Å². The number of hydrogen-bond donors (Lipinski definition) is 2. The van der Waals surface area contributed by atoms with Gasteiger partial charge in [0.25, 0.3) is 5.91 Å². The summed E-state index contributed by atoms with van der Waals surface area (Å²) in [5.74, 6) is -1.15. The van der Waals surface area contributed by atoms with Gasteiger partial charge in [0, 0.05) is 22.7 Å². The van der Waals surface area contributed by atoms with E-state index in [1.54, 1.807) is 30.3 Å². The normalized spacial score (nSPS) is 13.7. The van der Waals surface area contributed by atoms with Crippen molar-refractivity contribution in [2.24, 2.45) is 0 Å². The number of halogens is 2. The lowest BCUT2D eigenvalue weighted by molar-refractivity contribution is -0.111. The van der Waals surface area contributed by atoms with E-state index in [0.717, 1.165) is 24.5 Å². The lowest BCUT2D eigenvalue weighted by atomic mass is 10.1. The highest BCUT2D eigenvalue weighted by Crippen LogP contribution is 2.20. The molecular weight excluding hydrogens is 343 g/mol. The molecule has 1 aliphatic carbocycles. The van der Waals surface area contributed by atoms with Crippen LogP contribution >= 0.6 is 11.6 Å². The van der Waals surface area contributed by atoms with Gasteiger partial charge in [0.05, 0.1) is 5.69 Å². The Morgan fingerprint density at radius 1 is 1.12 bits per heavy atom. The third-order valence-corrected chi connectivity index (χ3v) is 3.94. The van der Waals surface area contributed by atoms with Crippen LogP contribution in [0.4, 0.5) is 10.1 Å². The van der Waals surface area contributed by atoms with Gasteiger partial charge in [0.15, 0.2) is 0 Å². The van der Waals surface area contributed by atoms with Gasteiger partial charge in [0.1, 0.15) is 5.82 Å². The third-order valence-electron chi connectivity index (χ3n) is 3.70. The van der Waals surface area contributed by atoms with Gasteiger partial charge in [-0.2, -0.15) is 0 Å². The highest BCUT2D eigenvalue weighted by Gasteiger charge is 2.23. The van der Waals surface area contributed by atoms with Gasteiger partial charge in [-0.1, -0.05) is 23.7 Å². The van der Waals surface area contributed by atoms with Gasteiger partial charge in [0.2, 0.25) is 5.91 Å². The first-order chi connectivity index (χ1) is 12.0. The minimum Gasteiger partial charge on any atom is -0.349 e. The van der Waals surface area contributed by atoms with Crippen LogP contribution < -0.4 is 10.6 Å². The Hall–Kier alpha value is -2.66. The molecule has 2 aromatic carbocycles. The first-order valence-electron chi connectivity index (χ1n) is 7.86. The summed E-state index contributed by atoms with van der Waals surface area (Å²) < 4.78 is 13.6. The van der Waals surface area contributed by atoms with Crippen molar-refractivity contribution in [2.45, 2.75) is 18.9 Å². The van der Waals surface area contributed by atoms with Crippen molar-refractivity contribution in [3.8, 4) is 0 Å². The maximum Gasteiger partial charge on any atom is 0.251 e. The molecule has 4 nitrogen and oxygen atoms in total. The lowest BCUT2D eigenvalue weighted by Gasteiger charge is -2.04. The van der Waals surface area contributed by atoms with Gasteiger partial charge < -0.3 is 10.6 Å². The van der Waals surface area contributed by atoms with Crippen molar-refractivity contribution < 1.29 is 14.0 Å². The summed E-state index contributed by atoms with van der Waals surface area (Å²) in [4.78, 5) is 23.8. The zero-order chi connectivity index (χ0) is 17.8. The topological polar surface area (TPSA) is 58.2 Å². The maximum atomic E-state index is 13.6. The van der Waals surface area contributed by atoms with E-state index in [2.05, 4.69) is 10.6 Å². The molecule has 6 heteroatoms. The second kappa shape index (κ2) is 7.49. The molecule has 0 bridgehead atoms. The fourth-order valence-corrected chi connectivity index (χ4v) is 2.34. The quantitative estimate of drug-likeness (QED) is 0.793. The number of amides is 2. The van der Waals surface area contributed by atoms with E-state index < -0.39 is 11.7 Å². The molecule has 0 heterocycles.